The first-order valence-corrected chi connectivity index (χ1v) is 6.41. The SMILES string of the molecule is CC(N)OCCOc1ccc(-c2ccccc2)cc1. The molecule has 0 amide bonds. The standard InChI is InChI=1S/C16H19NO2/c1-13(17)18-11-12-19-16-9-7-15(8-10-16)14-5-3-2-4-6-14/h2-10,13H,11-12,17H2,1H3. The molecule has 1 unspecified atom stereocenters. The maximum atomic E-state index is 5.57. The summed E-state index contributed by atoms with van der Waals surface area (Å²) in [4.78, 5) is 0. The zero-order valence-corrected chi connectivity index (χ0v) is 11.1. The average molecular weight is 257 g/mol. The molecule has 0 bridgehead atoms. The predicted molar refractivity (Wildman–Crippen MR) is 77.0 cm³/mol. The second-order valence-electron chi connectivity index (χ2n) is 4.31. The first-order valence-electron chi connectivity index (χ1n) is 6.41. The molecule has 0 saturated carbocycles. The van der Waals surface area contributed by atoms with Gasteiger partial charge in [-0.3, -0.25) is 0 Å². The van der Waals surface area contributed by atoms with Gasteiger partial charge in [0.15, 0.2) is 0 Å². The van der Waals surface area contributed by atoms with E-state index < -0.39 is 0 Å². The van der Waals surface area contributed by atoms with Crippen LogP contribution in [0.1, 0.15) is 6.92 Å². The van der Waals surface area contributed by atoms with Gasteiger partial charge in [-0.2, -0.15) is 0 Å². The van der Waals surface area contributed by atoms with E-state index in [1.54, 1.807) is 6.92 Å². The van der Waals surface area contributed by atoms with Gasteiger partial charge in [0.2, 0.25) is 0 Å². The van der Waals surface area contributed by atoms with Crippen LogP contribution in [0, 0.1) is 0 Å². The molecule has 1 atom stereocenters. The van der Waals surface area contributed by atoms with E-state index in [1.165, 1.54) is 11.1 Å². The average Bonchev–Trinajstić information content (AvgIpc) is 2.45. The van der Waals surface area contributed by atoms with Gasteiger partial charge in [0.1, 0.15) is 18.6 Å². The van der Waals surface area contributed by atoms with E-state index in [1.807, 2.05) is 30.3 Å². The number of hydrogen-bond acceptors (Lipinski definition) is 3. The van der Waals surface area contributed by atoms with Crippen LogP contribution in [0.4, 0.5) is 0 Å². The van der Waals surface area contributed by atoms with Crippen molar-refractivity contribution in [3.63, 3.8) is 0 Å². The van der Waals surface area contributed by atoms with Crippen LogP contribution in [0.5, 0.6) is 5.75 Å². The Morgan fingerprint density at radius 3 is 2.16 bits per heavy atom. The molecule has 0 radical (unpaired) electrons. The van der Waals surface area contributed by atoms with Crippen molar-refractivity contribution in [1.82, 2.24) is 0 Å². The summed E-state index contributed by atoms with van der Waals surface area (Å²) in [5, 5.41) is 0. The van der Waals surface area contributed by atoms with Crippen LogP contribution in [0.15, 0.2) is 54.6 Å². The van der Waals surface area contributed by atoms with Crippen molar-refractivity contribution in [3.05, 3.63) is 54.6 Å². The molecule has 3 nitrogen and oxygen atoms in total. The molecule has 0 aliphatic rings. The van der Waals surface area contributed by atoms with Gasteiger partial charge in [-0.05, 0) is 30.2 Å². The van der Waals surface area contributed by atoms with Crippen LogP contribution >= 0.6 is 0 Å². The third kappa shape index (κ3) is 4.39. The molecule has 2 aromatic carbocycles. The van der Waals surface area contributed by atoms with Gasteiger partial charge in [0.05, 0.1) is 6.61 Å². The van der Waals surface area contributed by atoms with Crippen LogP contribution in [0.25, 0.3) is 11.1 Å². The van der Waals surface area contributed by atoms with Gasteiger partial charge in [-0.25, -0.2) is 0 Å². The summed E-state index contributed by atoms with van der Waals surface area (Å²) < 4.78 is 10.8. The summed E-state index contributed by atoms with van der Waals surface area (Å²) in [6, 6.07) is 18.3. The summed E-state index contributed by atoms with van der Waals surface area (Å²) in [7, 11) is 0. The quantitative estimate of drug-likeness (QED) is 0.639. The fourth-order valence-corrected chi connectivity index (χ4v) is 1.77. The van der Waals surface area contributed by atoms with Gasteiger partial charge in [-0.1, -0.05) is 42.5 Å². The lowest BCUT2D eigenvalue weighted by atomic mass is 10.1. The molecule has 100 valence electrons. The van der Waals surface area contributed by atoms with Crippen LogP contribution < -0.4 is 10.5 Å². The van der Waals surface area contributed by atoms with Crippen molar-refractivity contribution in [1.29, 1.82) is 0 Å². The Labute approximate surface area is 114 Å². The molecular weight excluding hydrogens is 238 g/mol. The molecule has 0 fully saturated rings. The fourth-order valence-electron chi connectivity index (χ4n) is 1.77. The molecule has 0 spiro atoms. The molecule has 0 saturated heterocycles. The monoisotopic (exact) mass is 257 g/mol. The van der Waals surface area contributed by atoms with E-state index in [-0.39, 0.29) is 6.23 Å². The summed E-state index contributed by atoms with van der Waals surface area (Å²) in [6.07, 6.45) is -0.246. The minimum absolute atomic E-state index is 0.246. The van der Waals surface area contributed by atoms with E-state index in [0.717, 1.165) is 5.75 Å². The van der Waals surface area contributed by atoms with Gasteiger partial charge in [0.25, 0.3) is 0 Å². The van der Waals surface area contributed by atoms with Crippen molar-refractivity contribution >= 4 is 0 Å². The largest absolute Gasteiger partial charge is 0.491 e. The number of benzene rings is 2. The van der Waals surface area contributed by atoms with Crippen LogP contribution in [-0.2, 0) is 4.74 Å². The Kier molecular flexibility index (Phi) is 4.95. The van der Waals surface area contributed by atoms with E-state index >= 15 is 0 Å². The van der Waals surface area contributed by atoms with E-state index in [2.05, 4.69) is 24.3 Å². The normalized spacial score (nSPS) is 12.1. The van der Waals surface area contributed by atoms with Crippen molar-refractivity contribution in [3.8, 4) is 16.9 Å². The molecule has 0 heterocycles. The summed E-state index contributed by atoms with van der Waals surface area (Å²) in [6.45, 7) is 2.80. The molecule has 3 heteroatoms. The first kappa shape index (κ1) is 13.6. The zero-order valence-electron chi connectivity index (χ0n) is 11.1. The number of nitrogens with two attached hydrogens (primary N) is 1. The van der Waals surface area contributed by atoms with E-state index in [9.17, 15) is 0 Å². The van der Waals surface area contributed by atoms with Gasteiger partial charge >= 0.3 is 0 Å². The smallest absolute Gasteiger partial charge is 0.119 e. The summed E-state index contributed by atoms with van der Waals surface area (Å²) in [5.41, 5.74) is 7.86. The van der Waals surface area contributed by atoms with Crippen molar-refractivity contribution < 1.29 is 9.47 Å². The maximum Gasteiger partial charge on any atom is 0.119 e. The molecule has 19 heavy (non-hydrogen) atoms. The van der Waals surface area contributed by atoms with Crippen LogP contribution in [0.3, 0.4) is 0 Å². The Hall–Kier alpha value is -1.84. The summed E-state index contributed by atoms with van der Waals surface area (Å²) >= 11 is 0. The Morgan fingerprint density at radius 2 is 1.53 bits per heavy atom. The molecule has 0 aliphatic heterocycles. The summed E-state index contributed by atoms with van der Waals surface area (Å²) in [5.74, 6) is 0.841. The Morgan fingerprint density at radius 1 is 0.895 bits per heavy atom. The van der Waals surface area contributed by atoms with E-state index in [4.69, 9.17) is 15.2 Å². The molecular formula is C16H19NO2. The Bertz CT molecular complexity index is 480. The molecule has 2 rings (SSSR count). The van der Waals surface area contributed by atoms with Gasteiger partial charge in [0, 0.05) is 0 Å². The highest BCUT2D eigenvalue weighted by atomic mass is 16.5. The second kappa shape index (κ2) is 6.92. The molecule has 0 aliphatic carbocycles. The second-order valence-corrected chi connectivity index (χ2v) is 4.31. The number of rotatable bonds is 6. The third-order valence-corrected chi connectivity index (χ3v) is 2.69. The minimum Gasteiger partial charge on any atom is -0.491 e. The predicted octanol–water partition coefficient (Wildman–Crippen LogP) is 3.05. The van der Waals surface area contributed by atoms with Crippen LogP contribution in [-0.4, -0.2) is 19.4 Å². The number of hydrogen-bond donors (Lipinski definition) is 1. The lowest BCUT2D eigenvalue weighted by molar-refractivity contribution is 0.0484. The number of ether oxygens (including phenoxy) is 2. The van der Waals surface area contributed by atoms with Crippen LogP contribution in [0.2, 0.25) is 0 Å². The fraction of sp³-hybridized carbons (Fsp3) is 0.250. The van der Waals surface area contributed by atoms with Crippen molar-refractivity contribution in [2.45, 2.75) is 13.2 Å². The minimum atomic E-state index is -0.246. The Balaban J connectivity index is 1.88. The highest BCUT2D eigenvalue weighted by Gasteiger charge is 1.98. The molecule has 2 aromatic rings. The molecule has 2 N–H and O–H groups in total. The first-order chi connectivity index (χ1) is 9.25. The maximum absolute atomic E-state index is 5.57. The van der Waals surface area contributed by atoms with Gasteiger partial charge < -0.3 is 15.2 Å². The van der Waals surface area contributed by atoms with Crippen molar-refractivity contribution in [2.75, 3.05) is 13.2 Å². The third-order valence-electron chi connectivity index (χ3n) is 2.69. The lowest BCUT2D eigenvalue weighted by Crippen LogP contribution is -2.22. The van der Waals surface area contributed by atoms with Gasteiger partial charge in [-0.15, -0.1) is 0 Å². The topological polar surface area (TPSA) is 44.5 Å². The highest BCUT2D eigenvalue weighted by Crippen LogP contribution is 2.21. The van der Waals surface area contributed by atoms with E-state index in [0.29, 0.717) is 13.2 Å². The molecule has 0 aromatic heterocycles. The lowest BCUT2D eigenvalue weighted by Gasteiger charge is -2.09. The highest BCUT2D eigenvalue weighted by molar-refractivity contribution is 5.63. The zero-order chi connectivity index (χ0) is 13.5. The van der Waals surface area contributed by atoms with Crippen molar-refractivity contribution in [2.24, 2.45) is 5.73 Å².